The molecule has 0 amide bonds. The van der Waals surface area contributed by atoms with Crippen molar-refractivity contribution in [3.8, 4) is 17.3 Å². The molecule has 0 spiro atoms. The van der Waals surface area contributed by atoms with E-state index in [1.807, 2.05) is 65.9 Å². The first kappa shape index (κ1) is 24.6. The fourth-order valence-electron chi connectivity index (χ4n) is 6.07. The summed E-state index contributed by atoms with van der Waals surface area (Å²) in [4.78, 5) is 8.26. The van der Waals surface area contributed by atoms with Gasteiger partial charge in [-0.05, 0) is 76.6 Å². The number of nitrogens with zero attached hydrogens (tertiary/aromatic N) is 4. The lowest BCUT2D eigenvalue weighted by Crippen LogP contribution is -2.33. The van der Waals surface area contributed by atoms with Crippen molar-refractivity contribution < 1.29 is 8.85 Å². The van der Waals surface area contributed by atoms with Gasteiger partial charge < -0.3 is 14.5 Å². The molecule has 44 heavy (non-hydrogen) atoms. The molecule has 2 aromatic heterocycles. The van der Waals surface area contributed by atoms with E-state index in [0.29, 0.717) is 11.5 Å². The van der Waals surface area contributed by atoms with Crippen LogP contribution >= 0.6 is 0 Å². The van der Waals surface area contributed by atoms with E-state index >= 15 is 0 Å². The van der Waals surface area contributed by atoms with E-state index in [1.165, 1.54) is 16.0 Å². The van der Waals surface area contributed by atoms with E-state index in [-0.39, 0.29) is 10.8 Å². The predicted molar refractivity (Wildman–Crippen MR) is 182 cm³/mol. The molecule has 0 radical (unpaired) electrons. The number of ether oxygens (including phenoxy) is 1. The van der Waals surface area contributed by atoms with Crippen LogP contribution in [0.3, 0.4) is 0 Å². The van der Waals surface area contributed by atoms with E-state index < -0.39 is 13.1 Å². The van der Waals surface area contributed by atoms with Crippen LogP contribution in [-0.4, -0.2) is 32.5 Å². The molecule has 0 saturated heterocycles. The molecule has 5 heteroatoms. The maximum Gasteiger partial charge on any atom is 0.137 e. The number of allylic oxidation sites excluding steroid dienone is 2. The van der Waals surface area contributed by atoms with Gasteiger partial charge in [0.25, 0.3) is 0 Å². The summed E-state index contributed by atoms with van der Waals surface area (Å²) in [5.74, 6) is 2.23. The zero-order valence-corrected chi connectivity index (χ0v) is 26.2. The highest BCUT2D eigenvalue weighted by Crippen LogP contribution is 2.39. The summed E-state index contributed by atoms with van der Waals surface area (Å²) < 4.78 is 33.0. The van der Waals surface area contributed by atoms with Crippen LogP contribution in [-0.2, 0) is 10.8 Å². The first-order chi connectivity index (χ1) is 22.2. The lowest BCUT2D eigenvalue weighted by molar-refractivity contribution is 0.282. The van der Waals surface area contributed by atoms with Gasteiger partial charge in [-0.25, -0.2) is 4.98 Å². The highest BCUT2D eigenvalue weighted by atomic mass is 16.5. The normalized spacial score (nSPS) is 17.9. The van der Waals surface area contributed by atoms with Gasteiger partial charge in [-0.1, -0.05) is 71.9 Å². The van der Waals surface area contributed by atoms with Crippen molar-refractivity contribution in [2.24, 2.45) is 0 Å². The monoisotopic (exact) mass is 583 g/mol. The van der Waals surface area contributed by atoms with Crippen LogP contribution in [0, 0.1) is 0 Å². The quantitative estimate of drug-likeness (QED) is 0.211. The SMILES string of the molecule is [2H]C([2H])([2H])N1C=C(c2cccc(Oc3ccc4c5ccc(C(C)(C)C)cc5n(-c5cc(C(C)(C)C)ccn5)c4c3)c2)N2C=CC=CC21. The molecule has 7 rings (SSSR count). The number of hydrogen-bond donors (Lipinski definition) is 0. The molecule has 1 atom stereocenters. The predicted octanol–water partition coefficient (Wildman–Crippen LogP) is 9.52. The molecule has 5 nitrogen and oxygen atoms in total. The Bertz CT molecular complexity index is 2110. The Morgan fingerprint density at radius 3 is 2.27 bits per heavy atom. The zero-order chi connectivity index (χ0) is 33.3. The van der Waals surface area contributed by atoms with Gasteiger partial charge in [0.05, 0.1) is 16.7 Å². The molecular formula is C39H40N4O. The van der Waals surface area contributed by atoms with E-state index in [1.54, 1.807) is 6.20 Å². The van der Waals surface area contributed by atoms with Crippen LogP contribution in [0.4, 0.5) is 0 Å². The fraction of sp³-hybridized carbons (Fsp3) is 0.256. The highest BCUT2D eigenvalue weighted by Gasteiger charge is 2.28. The number of fused-ring (bicyclic) bond motifs is 4. The van der Waals surface area contributed by atoms with Crippen molar-refractivity contribution in [3.05, 3.63) is 126 Å². The molecule has 2 aliphatic rings. The molecule has 3 aromatic carbocycles. The zero-order valence-electron chi connectivity index (χ0n) is 29.2. The minimum Gasteiger partial charge on any atom is -0.457 e. The second-order valence-corrected chi connectivity index (χ2v) is 13.7. The van der Waals surface area contributed by atoms with Crippen molar-refractivity contribution in [1.82, 2.24) is 19.4 Å². The molecule has 0 bridgehead atoms. The van der Waals surface area contributed by atoms with Gasteiger partial charge in [0.2, 0.25) is 0 Å². The molecule has 4 heterocycles. The average Bonchev–Trinajstić information content (AvgIpc) is 3.56. The Morgan fingerprint density at radius 2 is 1.50 bits per heavy atom. The van der Waals surface area contributed by atoms with Crippen molar-refractivity contribution in [2.45, 2.75) is 58.5 Å². The Hall–Kier alpha value is -4.77. The highest BCUT2D eigenvalue weighted by molar-refractivity contribution is 6.09. The average molecular weight is 584 g/mol. The van der Waals surface area contributed by atoms with Crippen molar-refractivity contribution in [3.63, 3.8) is 0 Å². The van der Waals surface area contributed by atoms with Crippen LogP contribution in [0.5, 0.6) is 11.5 Å². The van der Waals surface area contributed by atoms with E-state index in [9.17, 15) is 0 Å². The van der Waals surface area contributed by atoms with Crippen molar-refractivity contribution in [2.75, 3.05) is 6.98 Å². The van der Waals surface area contributed by atoms with Crippen LogP contribution < -0.4 is 4.74 Å². The van der Waals surface area contributed by atoms with Crippen LogP contribution in [0.25, 0.3) is 33.3 Å². The molecule has 222 valence electrons. The number of likely N-dealkylation sites (N-methyl/N-ethyl adjacent to an activating group) is 1. The van der Waals surface area contributed by atoms with Gasteiger partial charge >= 0.3 is 0 Å². The first-order valence-corrected chi connectivity index (χ1v) is 15.2. The van der Waals surface area contributed by atoms with Crippen LogP contribution in [0.15, 0.2) is 110 Å². The van der Waals surface area contributed by atoms with Gasteiger partial charge in [-0.15, -0.1) is 0 Å². The number of benzene rings is 3. The van der Waals surface area contributed by atoms with Gasteiger partial charge in [0.15, 0.2) is 0 Å². The molecule has 0 N–H and O–H groups in total. The van der Waals surface area contributed by atoms with Gasteiger partial charge in [0.1, 0.15) is 23.5 Å². The molecule has 0 saturated carbocycles. The molecule has 5 aromatic rings. The standard InChI is InChI=1S/C39H40N4O/c1-38(2,3)27-14-16-31-32-17-15-30(24-34(32)43(33(31)22-27)36-23-28(18-19-40-36)39(4,5)6)44-29-12-10-11-26(21-29)35-25-41(7)37-13-8-9-20-42(35)37/h8-25,37H,1-7H3/i7D3. The molecule has 0 fully saturated rings. The summed E-state index contributed by atoms with van der Waals surface area (Å²) in [6.07, 6.45) is 10.8. The lowest BCUT2D eigenvalue weighted by atomic mass is 9.86. The summed E-state index contributed by atoms with van der Waals surface area (Å²) in [5, 5.41) is 2.29. The molecule has 2 aliphatic heterocycles. The van der Waals surface area contributed by atoms with Crippen molar-refractivity contribution >= 4 is 27.5 Å². The van der Waals surface area contributed by atoms with Gasteiger partial charge in [-0.2, -0.15) is 0 Å². The number of pyridine rings is 1. The number of aromatic nitrogens is 2. The first-order valence-electron chi connectivity index (χ1n) is 16.7. The second kappa shape index (κ2) is 10.2. The number of rotatable bonds is 4. The van der Waals surface area contributed by atoms with Gasteiger partial charge in [-0.3, -0.25) is 4.57 Å². The fourth-order valence-corrected chi connectivity index (χ4v) is 6.07. The molecular weight excluding hydrogens is 540 g/mol. The summed E-state index contributed by atoms with van der Waals surface area (Å²) in [5.41, 5.74) is 6.22. The summed E-state index contributed by atoms with van der Waals surface area (Å²) in [6, 6.07) is 25.0. The summed E-state index contributed by atoms with van der Waals surface area (Å²) in [7, 11) is 0. The largest absolute Gasteiger partial charge is 0.457 e. The smallest absolute Gasteiger partial charge is 0.137 e. The van der Waals surface area contributed by atoms with Crippen molar-refractivity contribution in [1.29, 1.82) is 0 Å². The van der Waals surface area contributed by atoms with E-state index in [2.05, 4.69) is 88.6 Å². The Labute approximate surface area is 264 Å². The minimum absolute atomic E-state index is 0.00891. The van der Waals surface area contributed by atoms with E-state index in [4.69, 9.17) is 13.8 Å². The molecule has 1 unspecified atom stereocenters. The molecule has 0 aliphatic carbocycles. The Balaban J connectivity index is 1.32. The third-order valence-electron chi connectivity index (χ3n) is 8.56. The minimum atomic E-state index is -2.27. The van der Waals surface area contributed by atoms with Crippen LogP contribution in [0.2, 0.25) is 0 Å². The maximum atomic E-state index is 8.06. The summed E-state index contributed by atoms with van der Waals surface area (Å²) in [6.45, 7) is 11.1. The Kier molecular flexibility index (Phi) is 5.69. The third-order valence-corrected chi connectivity index (χ3v) is 8.56. The maximum absolute atomic E-state index is 8.06. The second-order valence-electron chi connectivity index (χ2n) is 13.7. The number of hydrogen-bond acceptors (Lipinski definition) is 4. The topological polar surface area (TPSA) is 33.5 Å². The van der Waals surface area contributed by atoms with Crippen LogP contribution in [0.1, 0.15) is 62.3 Å². The summed E-state index contributed by atoms with van der Waals surface area (Å²) >= 11 is 0. The Morgan fingerprint density at radius 1 is 0.773 bits per heavy atom. The van der Waals surface area contributed by atoms with Gasteiger partial charge in [0, 0.05) is 52.1 Å². The van der Waals surface area contributed by atoms with E-state index in [0.717, 1.165) is 38.9 Å². The third kappa shape index (κ3) is 4.86. The lowest BCUT2D eigenvalue weighted by Gasteiger charge is -2.29.